The first-order valence-electron chi connectivity index (χ1n) is 6.55. The Morgan fingerprint density at radius 3 is 2.64 bits per heavy atom. The van der Waals surface area contributed by atoms with Crippen LogP contribution in [0.15, 0.2) is 29.1 Å². The van der Waals surface area contributed by atoms with Crippen LogP contribution in [-0.4, -0.2) is 26.9 Å². The summed E-state index contributed by atoms with van der Waals surface area (Å²) >= 11 is 4.81. The van der Waals surface area contributed by atoms with Crippen molar-refractivity contribution >= 4 is 24.0 Å². The predicted octanol–water partition coefficient (Wildman–Crippen LogP) is 2.84. The zero-order valence-corrected chi connectivity index (χ0v) is 13.2. The number of ether oxygens (including phenoxy) is 1. The van der Waals surface area contributed by atoms with Gasteiger partial charge in [0.2, 0.25) is 0 Å². The van der Waals surface area contributed by atoms with Gasteiger partial charge in [-0.3, -0.25) is 20.2 Å². The highest BCUT2D eigenvalue weighted by Gasteiger charge is 2.18. The molecule has 0 saturated heterocycles. The third-order valence-electron chi connectivity index (χ3n) is 2.53. The van der Waals surface area contributed by atoms with Crippen LogP contribution in [-0.2, 0) is 4.74 Å². The van der Waals surface area contributed by atoms with Crippen molar-refractivity contribution in [3.05, 3.63) is 39.4 Å². The number of H-pyrrole nitrogens is 2. The van der Waals surface area contributed by atoms with Crippen molar-refractivity contribution in [2.75, 3.05) is 5.32 Å². The first kappa shape index (κ1) is 15.9. The number of aromatic nitrogens is 3. The van der Waals surface area contributed by atoms with E-state index >= 15 is 0 Å². The van der Waals surface area contributed by atoms with Crippen molar-refractivity contribution in [1.82, 2.24) is 15.2 Å². The number of hydrogen-bond acceptors (Lipinski definition) is 5. The van der Waals surface area contributed by atoms with E-state index in [1.54, 1.807) is 45.0 Å². The molecule has 0 unspecified atom stereocenters. The van der Waals surface area contributed by atoms with Crippen LogP contribution in [0.4, 0.5) is 10.5 Å². The van der Waals surface area contributed by atoms with Crippen LogP contribution in [0.25, 0.3) is 11.3 Å². The second-order valence-electron chi connectivity index (χ2n) is 5.53. The lowest BCUT2D eigenvalue weighted by Gasteiger charge is -2.20. The van der Waals surface area contributed by atoms with E-state index in [4.69, 9.17) is 17.0 Å². The zero-order valence-electron chi connectivity index (χ0n) is 12.4. The molecule has 7 nitrogen and oxygen atoms in total. The highest BCUT2D eigenvalue weighted by molar-refractivity contribution is 7.71. The summed E-state index contributed by atoms with van der Waals surface area (Å²) < 4.78 is 5.33. The zero-order chi connectivity index (χ0) is 16.3. The van der Waals surface area contributed by atoms with Gasteiger partial charge in [-0.25, -0.2) is 4.79 Å². The molecular weight excluding hydrogens is 304 g/mol. The van der Waals surface area contributed by atoms with Gasteiger partial charge in [-0.1, -0.05) is 18.2 Å². The van der Waals surface area contributed by atoms with Gasteiger partial charge in [-0.05, 0) is 39.1 Å². The standard InChI is InChI=1S/C14H16N4O3S/c1-14(2,3)21-13(20)15-9-7-5-4-6-8(9)10-11(19)16-12(22)18-17-10/h4-7H,1-3H3,(H,15,20)(H2,16,18,19,22). The van der Waals surface area contributed by atoms with Gasteiger partial charge in [0.25, 0.3) is 5.56 Å². The van der Waals surface area contributed by atoms with Gasteiger partial charge in [0.05, 0.1) is 5.69 Å². The maximum atomic E-state index is 12.0. The average molecular weight is 320 g/mol. The van der Waals surface area contributed by atoms with E-state index in [0.29, 0.717) is 11.3 Å². The van der Waals surface area contributed by atoms with Crippen LogP contribution in [0.1, 0.15) is 20.8 Å². The van der Waals surface area contributed by atoms with Crippen molar-refractivity contribution in [3.8, 4) is 11.3 Å². The van der Waals surface area contributed by atoms with Gasteiger partial charge in [-0.15, -0.1) is 0 Å². The molecule has 116 valence electrons. The number of amides is 1. The van der Waals surface area contributed by atoms with Gasteiger partial charge < -0.3 is 4.74 Å². The molecule has 3 N–H and O–H groups in total. The van der Waals surface area contributed by atoms with Gasteiger partial charge in [0.1, 0.15) is 5.60 Å². The van der Waals surface area contributed by atoms with E-state index in [2.05, 4.69) is 20.5 Å². The second kappa shape index (κ2) is 6.10. The molecule has 0 saturated carbocycles. The number of nitrogens with zero attached hydrogens (tertiary/aromatic N) is 1. The maximum absolute atomic E-state index is 12.0. The molecule has 2 rings (SSSR count). The Morgan fingerprint density at radius 1 is 1.32 bits per heavy atom. The van der Waals surface area contributed by atoms with E-state index < -0.39 is 17.3 Å². The van der Waals surface area contributed by atoms with Crippen molar-refractivity contribution in [2.24, 2.45) is 0 Å². The maximum Gasteiger partial charge on any atom is 0.412 e. The number of carbonyl (C=O) groups is 1. The fraction of sp³-hybridized carbons (Fsp3) is 0.286. The lowest BCUT2D eigenvalue weighted by molar-refractivity contribution is 0.0636. The summed E-state index contributed by atoms with van der Waals surface area (Å²) in [4.78, 5) is 26.3. The van der Waals surface area contributed by atoms with Crippen molar-refractivity contribution in [2.45, 2.75) is 26.4 Å². The first-order chi connectivity index (χ1) is 10.3. The molecule has 0 bridgehead atoms. The fourth-order valence-corrected chi connectivity index (χ4v) is 1.88. The van der Waals surface area contributed by atoms with E-state index in [1.165, 1.54) is 0 Å². The normalized spacial score (nSPS) is 11.0. The topological polar surface area (TPSA) is 99.9 Å². The number of rotatable bonds is 2. The molecule has 1 aromatic heterocycles. The highest BCUT2D eigenvalue weighted by Crippen LogP contribution is 2.24. The molecule has 1 amide bonds. The third kappa shape index (κ3) is 4.01. The highest BCUT2D eigenvalue weighted by atomic mass is 32.1. The minimum atomic E-state index is -0.619. The predicted molar refractivity (Wildman–Crippen MR) is 85.3 cm³/mol. The smallest absolute Gasteiger partial charge is 0.412 e. The lowest BCUT2D eigenvalue weighted by Crippen LogP contribution is -2.27. The quantitative estimate of drug-likeness (QED) is 0.739. The van der Waals surface area contributed by atoms with E-state index in [-0.39, 0.29) is 10.5 Å². The third-order valence-corrected chi connectivity index (χ3v) is 2.72. The van der Waals surface area contributed by atoms with E-state index in [9.17, 15) is 9.59 Å². The molecular formula is C14H16N4O3S. The summed E-state index contributed by atoms with van der Waals surface area (Å²) in [6.45, 7) is 5.30. The summed E-state index contributed by atoms with van der Waals surface area (Å²) in [5, 5.41) is 9.06. The van der Waals surface area contributed by atoms with Crippen LogP contribution >= 0.6 is 12.2 Å². The summed E-state index contributed by atoms with van der Waals surface area (Å²) in [5.74, 6) is 0. The Labute approximate surface area is 131 Å². The number of benzene rings is 1. The number of anilines is 1. The molecule has 0 aliphatic rings. The van der Waals surface area contributed by atoms with Crippen LogP contribution in [0.2, 0.25) is 0 Å². The fourth-order valence-electron chi connectivity index (χ4n) is 1.74. The molecule has 1 aromatic carbocycles. The number of hydrogen-bond donors (Lipinski definition) is 3. The van der Waals surface area contributed by atoms with E-state index in [1.807, 2.05) is 0 Å². The van der Waals surface area contributed by atoms with Crippen LogP contribution in [0.3, 0.4) is 0 Å². The molecule has 0 radical (unpaired) electrons. The first-order valence-corrected chi connectivity index (χ1v) is 6.95. The summed E-state index contributed by atoms with van der Waals surface area (Å²) in [5.41, 5.74) is -0.0597. The molecule has 0 atom stereocenters. The van der Waals surface area contributed by atoms with Gasteiger partial charge in [0.15, 0.2) is 10.5 Å². The van der Waals surface area contributed by atoms with Crippen molar-refractivity contribution < 1.29 is 9.53 Å². The Morgan fingerprint density at radius 2 is 2.00 bits per heavy atom. The molecule has 22 heavy (non-hydrogen) atoms. The summed E-state index contributed by atoms with van der Waals surface area (Å²) in [6, 6.07) is 6.79. The number of aromatic amines is 2. The molecule has 0 fully saturated rings. The Hall–Kier alpha value is -2.48. The molecule has 1 heterocycles. The molecule has 0 spiro atoms. The van der Waals surface area contributed by atoms with Gasteiger partial charge >= 0.3 is 6.09 Å². The average Bonchev–Trinajstić information content (AvgIpc) is 2.37. The lowest BCUT2D eigenvalue weighted by atomic mass is 10.1. The monoisotopic (exact) mass is 320 g/mol. The largest absolute Gasteiger partial charge is 0.444 e. The van der Waals surface area contributed by atoms with Crippen molar-refractivity contribution in [1.29, 1.82) is 0 Å². The van der Waals surface area contributed by atoms with Crippen LogP contribution in [0, 0.1) is 4.77 Å². The molecule has 0 aliphatic heterocycles. The van der Waals surface area contributed by atoms with Gasteiger partial charge in [0, 0.05) is 5.56 Å². The minimum absolute atomic E-state index is 0.125. The molecule has 2 aromatic rings. The van der Waals surface area contributed by atoms with Crippen LogP contribution < -0.4 is 10.9 Å². The number of carbonyl (C=O) groups excluding carboxylic acids is 1. The summed E-state index contributed by atoms with van der Waals surface area (Å²) in [6.07, 6.45) is -0.611. The Bertz CT molecular complexity index is 804. The minimum Gasteiger partial charge on any atom is -0.444 e. The Kier molecular flexibility index (Phi) is 4.41. The van der Waals surface area contributed by atoms with Gasteiger partial charge in [-0.2, -0.15) is 5.10 Å². The second-order valence-corrected chi connectivity index (χ2v) is 5.94. The number of nitrogens with one attached hydrogen (secondary N) is 3. The SMILES string of the molecule is CC(C)(C)OC(=O)Nc1ccccc1-c1n[nH]c(=S)[nH]c1=O. The Balaban J connectivity index is 2.37. The molecule has 8 heteroatoms. The number of para-hydroxylation sites is 1. The summed E-state index contributed by atoms with van der Waals surface area (Å²) in [7, 11) is 0. The van der Waals surface area contributed by atoms with E-state index in [0.717, 1.165) is 0 Å². The molecule has 0 aliphatic carbocycles. The van der Waals surface area contributed by atoms with Crippen LogP contribution in [0.5, 0.6) is 0 Å². The van der Waals surface area contributed by atoms with Crippen molar-refractivity contribution in [3.63, 3.8) is 0 Å².